The Balaban J connectivity index is 1.40. The lowest BCUT2D eigenvalue weighted by Crippen LogP contribution is -2.51. The standard InChI is InChI=1S/C26H30N2O5/c1-16(2)13-22(24(31)28-26(11-12-26)14-23(29)30)27-25(32)33-15-21-19-9-5-3-7-17(19)18-8-4-6-10-20(18)21/h3-10,16,21-22H,11-15H2,1-2H3,(H,27,32)(H,28,31)(H,29,30)/t22-/m1/s1. The summed E-state index contributed by atoms with van der Waals surface area (Å²) in [6, 6.07) is 15.4. The molecule has 2 amide bonds. The van der Waals surface area contributed by atoms with Gasteiger partial charge >= 0.3 is 12.1 Å². The van der Waals surface area contributed by atoms with E-state index >= 15 is 0 Å². The molecule has 0 aromatic heterocycles. The average Bonchev–Trinajstić information content (AvgIpc) is 3.43. The molecule has 7 heteroatoms. The molecule has 1 atom stereocenters. The number of alkyl carbamates (subject to hydrolysis) is 1. The van der Waals surface area contributed by atoms with Gasteiger partial charge in [0, 0.05) is 5.92 Å². The molecule has 2 aliphatic carbocycles. The van der Waals surface area contributed by atoms with Crippen LogP contribution in [0.4, 0.5) is 4.79 Å². The number of carbonyl (C=O) groups is 3. The summed E-state index contributed by atoms with van der Waals surface area (Å²) in [6.07, 6.45) is 0.923. The van der Waals surface area contributed by atoms with Gasteiger partial charge in [-0.3, -0.25) is 9.59 Å². The van der Waals surface area contributed by atoms with Gasteiger partial charge in [-0.05, 0) is 47.4 Å². The van der Waals surface area contributed by atoms with E-state index in [1.807, 2.05) is 50.2 Å². The van der Waals surface area contributed by atoms with Crippen LogP contribution in [-0.2, 0) is 14.3 Å². The molecule has 0 heterocycles. The molecule has 0 aliphatic heterocycles. The lowest BCUT2D eigenvalue weighted by Gasteiger charge is -2.24. The summed E-state index contributed by atoms with van der Waals surface area (Å²) in [5, 5.41) is 14.6. The van der Waals surface area contributed by atoms with E-state index in [0.29, 0.717) is 19.3 Å². The van der Waals surface area contributed by atoms with Gasteiger partial charge in [0.2, 0.25) is 5.91 Å². The van der Waals surface area contributed by atoms with Crippen molar-refractivity contribution in [1.29, 1.82) is 0 Å². The first-order chi connectivity index (χ1) is 15.8. The number of carboxylic acid groups (broad SMARTS) is 1. The third-order valence-corrected chi connectivity index (χ3v) is 6.39. The van der Waals surface area contributed by atoms with E-state index < -0.39 is 23.6 Å². The molecule has 174 valence electrons. The van der Waals surface area contributed by atoms with Gasteiger partial charge in [-0.2, -0.15) is 0 Å². The van der Waals surface area contributed by atoms with Crippen molar-refractivity contribution < 1.29 is 24.2 Å². The van der Waals surface area contributed by atoms with Gasteiger partial charge in [0.05, 0.1) is 12.0 Å². The zero-order valence-electron chi connectivity index (χ0n) is 19.0. The van der Waals surface area contributed by atoms with Gasteiger partial charge < -0.3 is 20.5 Å². The predicted octanol–water partition coefficient (Wildman–Crippen LogP) is 4.06. The fraction of sp³-hybridized carbons (Fsp3) is 0.423. The number of hydrogen-bond donors (Lipinski definition) is 3. The van der Waals surface area contributed by atoms with Crippen molar-refractivity contribution in [1.82, 2.24) is 10.6 Å². The lowest BCUT2D eigenvalue weighted by molar-refractivity contribution is -0.138. The third-order valence-electron chi connectivity index (χ3n) is 6.39. The normalized spacial score (nSPS) is 16.5. The molecule has 0 radical (unpaired) electrons. The lowest BCUT2D eigenvalue weighted by atomic mass is 9.98. The number of benzene rings is 2. The van der Waals surface area contributed by atoms with E-state index in [9.17, 15) is 14.4 Å². The van der Waals surface area contributed by atoms with Crippen molar-refractivity contribution in [2.24, 2.45) is 5.92 Å². The van der Waals surface area contributed by atoms with Crippen molar-refractivity contribution in [3.05, 3.63) is 59.7 Å². The molecule has 0 bridgehead atoms. The number of carbonyl (C=O) groups excluding carboxylic acids is 2. The number of fused-ring (bicyclic) bond motifs is 3. The molecule has 33 heavy (non-hydrogen) atoms. The van der Waals surface area contributed by atoms with Crippen LogP contribution in [0.3, 0.4) is 0 Å². The first-order valence-corrected chi connectivity index (χ1v) is 11.4. The number of amides is 2. The van der Waals surface area contributed by atoms with Gasteiger partial charge in [0.25, 0.3) is 0 Å². The average molecular weight is 451 g/mol. The number of hydrogen-bond acceptors (Lipinski definition) is 4. The molecular formula is C26H30N2O5. The largest absolute Gasteiger partial charge is 0.481 e. The van der Waals surface area contributed by atoms with Crippen LogP contribution in [0.2, 0.25) is 0 Å². The van der Waals surface area contributed by atoms with E-state index in [1.54, 1.807) is 0 Å². The molecular weight excluding hydrogens is 420 g/mol. The Morgan fingerprint density at radius 1 is 1.03 bits per heavy atom. The molecule has 2 aromatic carbocycles. The van der Waals surface area contributed by atoms with E-state index in [-0.39, 0.29) is 30.8 Å². The maximum atomic E-state index is 12.9. The van der Waals surface area contributed by atoms with Crippen LogP contribution >= 0.6 is 0 Å². The Morgan fingerprint density at radius 2 is 1.61 bits per heavy atom. The van der Waals surface area contributed by atoms with E-state index in [1.165, 1.54) is 0 Å². The molecule has 0 saturated heterocycles. The zero-order valence-corrected chi connectivity index (χ0v) is 19.0. The van der Waals surface area contributed by atoms with Crippen LogP contribution in [0.5, 0.6) is 0 Å². The van der Waals surface area contributed by atoms with Crippen LogP contribution in [-0.4, -0.2) is 41.3 Å². The van der Waals surface area contributed by atoms with Gasteiger partial charge in [-0.25, -0.2) is 4.79 Å². The van der Waals surface area contributed by atoms with Gasteiger partial charge in [0.15, 0.2) is 0 Å². The first-order valence-electron chi connectivity index (χ1n) is 11.4. The number of nitrogens with one attached hydrogen (secondary N) is 2. The monoisotopic (exact) mass is 450 g/mol. The van der Waals surface area contributed by atoms with Crippen LogP contribution < -0.4 is 10.6 Å². The Kier molecular flexibility index (Phi) is 6.40. The highest BCUT2D eigenvalue weighted by Crippen LogP contribution is 2.44. The van der Waals surface area contributed by atoms with E-state index in [0.717, 1.165) is 22.3 Å². The van der Waals surface area contributed by atoms with Gasteiger partial charge in [-0.15, -0.1) is 0 Å². The van der Waals surface area contributed by atoms with E-state index in [4.69, 9.17) is 9.84 Å². The third kappa shape index (κ3) is 5.18. The predicted molar refractivity (Wildman–Crippen MR) is 124 cm³/mol. The number of ether oxygens (including phenoxy) is 1. The summed E-state index contributed by atoms with van der Waals surface area (Å²) in [6.45, 7) is 4.09. The number of carboxylic acids is 1. The highest BCUT2D eigenvalue weighted by Gasteiger charge is 2.46. The number of rotatable bonds is 9. The fourth-order valence-corrected chi connectivity index (χ4v) is 4.62. The minimum atomic E-state index is -0.947. The fourth-order valence-electron chi connectivity index (χ4n) is 4.62. The van der Waals surface area contributed by atoms with Crippen LogP contribution in [0.1, 0.15) is 56.6 Å². The highest BCUT2D eigenvalue weighted by molar-refractivity contribution is 5.87. The topological polar surface area (TPSA) is 105 Å². The minimum absolute atomic E-state index is 0.0641. The molecule has 3 N–H and O–H groups in total. The first kappa shape index (κ1) is 22.8. The summed E-state index contributed by atoms with van der Waals surface area (Å²) in [5.41, 5.74) is 3.83. The maximum absolute atomic E-state index is 12.9. The molecule has 0 unspecified atom stereocenters. The molecule has 2 aromatic rings. The summed E-state index contributed by atoms with van der Waals surface area (Å²) in [5.74, 6) is -1.22. The van der Waals surface area contributed by atoms with Gasteiger partial charge in [0.1, 0.15) is 12.6 Å². The van der Waals surface area contributed by atoms with Crippen molar-refractivity contribution in [3.63, 3.8) is 0 Å². The Hall–Kier alpha value is -3.35. The van der Waals surface area contributed by atoms with Crippen molar-refractivity contribution in [2.75, 3.05) is 6.61 Å². The summed E-state index contributed by atoms with van der Waals surface area (Å²) < 4.78 is 5.59. The molecule has 0 spiro atoms. The number of aliphatic carboxylic acids is 1. The highest BCUT2D eigenvalue weighted by atomic mass is 16.5. The van der Waals surface area contributed by atoms with Crippen LogP contribution in [0.25, 0.3) is 11.1 Å². The van der Waals surface area contributed by atoms with Crippen LogP contribution in [0.15, 0.2) is 48.5 Å². The molecule has 1 fully saturated rings. The maximum Gasteiger partial charge on any atom is 0.407 e. The minimum Gasteiger partial charge on any atom is -0.481 e. The van der Waals surface area contributed by atoms with Crippen molar-refractivity contribution in [2.45, 2.75) is 57.0 Å². The smallest absolute Gasteiger partial charge is 0.407 e. The second kappa shape index (κ2) is 9.25. The van der Waals surface area contributed by atoms with Crippen molar-refractivity contribution in [3.8, 4) is 11.1 Å². The van der Waals surface area contributed by atoms with E-state index in [2.05, 4.69) is 22.8 Å². The summed E-state index contributed by atoms with van der Waals surface area (Å²) in [7, 11) is 0. The molecule has 7 nitrogen and oxygen atoms in total. The Labute approximate surface area is 193 Å². The van der Waals surface area contributed by atoms with Gasteiger partial charge in [-0.1, -0.05) is 62.4 Å². The second-order valence-corrected chi connectivity index (χ2v) is 9.49. The Morgan fingerprint density at radius 3 is 2.12 bits per heavy atom. The zero-order chi connectivity index (χ0) is 23.6. The quantitative estimate of drug-likeness (QED) is 0.534. The Bertz CT molecular complexity index is 1010. The summed E-state index contributed by atoms with van der Waals surface area (Å²) >= 11 is 0. The SMILES string of the molecule is CC(C)C[C@@H](NC(=O)OCC1c2ccccc2-c2ccccc21)C(=O)NC1(CC(=O)O)CC1. The van der Waals surface area contributed by atoms with Crippen LogP contribution in [0, 0.1) is 5.92 Å². The molecule has 1 saturated carbocycles. The van der Waals surface area contributed by atoms with Crippen molar-refractivity contribution >= 4 is 18.0 Å². The second-order valence-electron chi connectivity index (χ2n) is 9.49. The molecule has 4 rings (SSSR count). The molecule has 2 aliphatic rings. The summed E-state index contributed by atoms with van der Waals surface area (Å²) in [4.78, 5) is 36.6.